The molecule has 0 heterocycles. The molecule has 6 heteroatoms. The number of phenolic OH excluding ortho intramolecular Hbond substituents is 1. The van der Waals surface area contributed by atoms with Gasteiger partial charge in [0.05, 0.1) is 4.92 Å². The Morgan fingerprint density at radius 1 is 1.53 bits per heavy atom. The summed E-state index contributed by atoms with van der Waals surface area (Å²) in [6, 6.07) is 3.76. The molecule has 78 valence electrons. The Kier molecular flexibility index (Phi) is 3.02. The Bertz CT molecular complexity index is 440. The molecule has 0 atom stereocenters. The minimum atomic E-state index is -0.711. The van der Waals surface area contributed by atoms with E-state index < -0.39 is 22.3 Å². The number of phenols is 1. The van der Waals surface area contributed by atoms with Crippen LogP contribution < -0.4 is 5.73 Å². The van der Waals surface area contributed by atoms with Crippen molar-refractivity contribution >= 4 is 17.7 Å². The first-order chi connectivity index (χ1) is 7.00. The van der Waals surface area contributed by atoms with Crippen LogP contribution in [0.5, 0.6) is 5.75 Å². The largest absolute Gasteiger partial charge is 0.502 e. The van der Waals surface area contributed by atoms with Gasteiger partial charge in [-0.2, -0.15) is 0 Å². The fourth-order valence-electron chi connectivity index (χ4n) is 0.969. The van der Waals surface area contributed by atoms with Gasteiger partial charge in [0.15, 0.2) is 5.75 Å². The van der Waals surface area contributed by atoms with E-state index in [9.17, 15) is 14.9 Å². The number of aromatic hydroxyl groups is 1. The fraction of sp³-hybridized carbons (Fsp3) is 0. The second-order valence-corrected chi connectivity index (χ2v) is 2.74. The lowest BCUT2D eigenvalue weighted by Crippen LogP contribution is -2.05. The fourth-order valence-corrected chi connectivity index (χ4v) is 0.969. The van der Waals surface area contributed by atoms with E-state index in [4.69, 9.17) is 10.8 Å². The molecule has 0 fully saturated rings. The second kappa shape index (κ2) is 4.23. The van der Waals surface area contributed by atoms with Crippen molar-refractivity contribution < 1.29 is 14.8 Å². The monoisotopic (exact) mass is 208 g/mol. The van der Waals surface area contributed by atoms with Gasteiger partial charge in [-0.25, -0.2) is 0 Å². The van der Waals surface area contributed by atoms with Crippen LogP contribution in [0, 0.1) is 10.1 Å². The molecule has 0 saturated carbocycles. The Labute approximate surface area is 84.8 Å². The third-order valence-electron chi connectivity index (χ3n) is 1.64. The van der Waals surface area contributed by atoms with Crippen LogP contribution in [0.15, 0.2) is 24.3 Å². The normalized spacial score (nSPS) is 10.4. The number of nitrogens with two attached hydrogens (primary N) is 1. The van der Waals surface area contributed by atoms with Crippen LogP contribution in [0.3, 0.4) is 0 Å². The van der Waals surface area contributed by atoms with Gasteiger partial charge < -0.3 is 10.8 Å². The van der Waals surface area contributed by atoms with Crippen LogP contribution in [0.1, 0.15) is 5.56 Å². The zero-order valence-corrected chi connectivity index (χ0v) is 7.58. The molecule has 0 aromatic heterocycles. The van der Waals surface area contributed by atoms with Crippen molar-refractivity contribution in [2.24, 2.45) is 5.73 Å². The number of rotatable bonds is 3. The Morgan fingerprint density at radius 3 is 2.73 bits per heavy atom. The van der Waals surface area contributed by atoms with Gasteiger partial charge >= 0.3 is 5.69 Å². The number of benzene rings is 1. The maximum Gasteiger partial charge on any atom is 0.311 e. The van der Waals surface area contributed by atoms with Gasteiger partial charge in [-0.15, -0.1) is 0 Å². The summed E-state index contributed by atoms with van der Waals surface area (Å²) in [4.78, 5) is 20.1. The van der Waals surface area contributed by atoms with Gasteiger partial charge in [0.2, 0.25) is 5.91 Å². The number of primary amides is 1. The molecule has 0 aliphatic carbocycles. The molecule has 0 aliphatic rings. The van der Waals surface area contributed by atoms with Gasteiger partial charge in [-0.05, 0) is 17.7 Å². The summed E-state index contributed by atoms with van der Waals surface area (Å²) in [7, 11) is 0. The van der Waals surface area contributed by atoms with E-state index in [0.29, 0.717) is 5.56 Å². The summed E-state index contributed by atoms with van der Waals surface area (Å²) in [5.74, 6) is -1.07. The molecule has 1 rings (SSSR count). The summed E-state index contributed by atoms with van der Waals surface area (Å²) < 4.78 is 0. The SMILES string of the molecule is NC(=O)/C=C\c1ccc(O)c([N+](=O)[O-])c1. The van der Waals surface area contributed by atoms with Crippen LogP contribution >= 0.6 is 0 Å². The third kappa shape index (κ3) is 2.80. The Hall–Kier alpha value is -2.37. The van der Waals surface area contributed by atoms with Gasteiger partial charge in [-0.1, -0.05) is 6.07 Å². The number of nitrogens with zero attached hydrogens (tertiary/aromatic N) is 1. The van der Waals surface area contributed by atoms with Crippen molar-refractivity contribution in [3.63, 3.8) is 0 Å². The maximum atomic E-state index is 10.4. The average Bonchev–Trinajstić information content (AvgIpc) is 2.16. The Morgan fingerprint density at radius 2 is 2.20 bits per heavy atom. The van der Waals surface area contributed by atoms with E-state index in [1.165, 1.54) is 18.2 Å². The predicted octanol–water partition coefficient (Wildman–Crippen LogP) is 0.799. The van der Waals surface area contributed by atoms with Gasteiger partial charge in [-0.3, -0.25) is 14.9 Å². The van der Waals surface area contributed by atoms with E-state index >= 15 is 0 Å². The zero-order valence-electron chi connectivity index (χ0n) is 7.58. The highest BCUT2D eigenvalue weighted by atomic mass is 16.6. The van der Waals surface area contributed by atoms with Crippen LogP contribution in [0.4, 0.5) is 5.69 Å². The zero-order chi connectivity index (χ0) is 11.4. The summed E-state index contributed by atoms with van der Waals surface area (Å²) in [5.41, 5.74) is 4.86. The first-order valence-electron chi connectivity index (χ1n) is 3.95. The number of carbonyl (C=O) groups is 1. The van der Waals surface area contributed by atoms with Crippen LogP contribution in [-0.4, -0.2) is 15.9 Å². The molecular weight excluding hydrogens is 200 g/mol. The van der Waals surface area contributed by atoms with E-state index in [1.807, 2.05) is 0 Å². The number of hydrogen-bond donors (Lipinski definition) is 2. The number of nitro groups is 1. The van der Waals surface area contributed by atoms with Crippen molar-refractivity contribution in [2.75, 3.05) is 0 Å². The molecule has 6 nitrogen and oxygen atoms in total. The van der Waals surface area contributed by atoms with Crippen molar-refractivity contribution in [1.29, 1.82) is 0 Å². The van der Waals surface area contributed by atoms with E-state index in [-0.39, 0.29) is 0 Å². The summed E-state index contributed by atoms with van der Waals surface area (Å²) in [6.45, 7) is 0. The molecule has 0 bridgehead atoms. The summed E-state index contributed by atoms with van der Waals surface area (Å²) in [5, 5.41) is 19.6. The molecule has 0 radical (unpaired) electrons. The van der Waals surface area contributed by atoms with Crippen molar-refractivity contribution in [1.82, 2.24) is 0 Å². The predicted molar refractivity (Wildman–Crippen MR) is 53.0 cm³/mol. The lowest BCUT2D eigenvalue weighted by Gasteiger charge is -1.97. The molecule has 1 aromatic rings. The number of amides is 1. The number of carbonyl (C=O) groups excluding carboxylic acids is 1. The summed E-state index contributed by atoms with van der Waals surface area (Å²) >= 11 is 0. The van der Waals surface area contributed by atoms with Gasteiger partial charge in [0, 0.05) is 12.1 Å². The number of nitro benzene ring substituents is 1. The van der Waals surface area contributed by atoms with Crippen LogP contribution in [-0.2, 0) is 4.79 Å². The third-order valence-corrected chi connectivity index (χ3v) is 1.64. The summed E-state index contributed by atoms with van der Waals surface area (Å²) in [6.07, 6.45) is 2.41. The van der Waals surface area contributed by atoms with Gasteiger partial charge in [0.25, 0.3) is 0 Å². The van der Waals surface area contributed by atoms with Crippen LogP contribution in [0.2, 0.25) is 0 Å². The molecular formula is C9H8N2O4. The smallest absolute Gasteiger partial charge is 0.311 e. The first kappa shape index (κ1) is 10.7. The van der Waals surface area contributed by atoms with Crippen molar-refractivity contribution in [3.8, 4) is 5.75 Å². The molecule has 0 saturated heterocycles. The van der Waals surface area contributed by atoms with E-state index in [1.54, 1.807) is 0 Å². The van der Waals surface area contributed by atoms with Gasteiger partial charge in [0.1, 0.15) is 0 Å². The quantitative estimate of drug-likeness (QED) is 0.435. The average molecular weight is 208 g/mol. The second-order valence-electron chi connectivity index (χ2n) is 2.74. The lowest BCUT2D eigenvalue weighted by molar-refractivity contribution is -0.385. The minimum Gasteiger partial charge on any atom is -0.502 e. The molecule has 0 aliphatic heterocycles. The van der Waals surface area contributed by atoms with Crippen molar-refractivity contribution in [2.45, 2.75) is 0 Å². The van der Waals surface area contributed by atoms with Crippen molar-refractivity contribution in [3.05, 3.63) is 40.0 Å². The molecule has 3 N–H and O–H groups in total. The molecule has 1 amide bonds. The van der Waals surface area contributed by atoms with E-state index in [0.717, 1.165) is 12.1 Å². The first-order valence-corrected chi connectivity index (χ1v) is 3.95. The topological polar surface area (TPSA) is 106 Å². The maximum absolute atomic E-state index is 10.4. The molecule has 0 unspecified atom stereocenters. The standard InChI is InChI=1S/C9H8N2O4/c10-9(13)4-2-6-1-3-8(12)7(5-6)11(14)15/h1-5,12H,(H2,10,13)/b4-2-. The lowest BCUT2D eigenvalue weighted by atomic mass is 10.1. The highest BCUT2D eigenvalue weighted by Gasteiger charge is 2.12. The highest BCUT2D eigenvalue weighted by molar-refractivity contribution is 5.90. The van der Waals surface area contributed by atoms with E-state index in [2.05, 4.69) is 0 Å². The number of hydrogen-bond acceptors (Lipinski definition) is 4. The molecule has 1 aromatic carbocycles. The minimum absolute atomic E-state index is 0.415. The van der Waals surface area contributed by atoms with Crippen LogP contribution in [0.25, 0.3) is 6.08 Å². The highest BCUT2D eigenvalue weighted by Crippen LogP contribution is 2.26. The molecule has 15 heavy (non-hydrogen) atoms. The molecule has 0 spiro atoms. The Balaban J connectivity index is 3.08.